The van der Waals surface area contributed by atoms with Gasteiger partial charge in [0.2, 0.25) is 0 Å². The zero-order valence-corrected chi connectivity index (χ0v) is 9.69. The molecule has 0 unspecified atom stereocenters. The molecule has 0 bridgehead atoms. The summed E-state index contributed by atoms with van der Waals surface area (Å²) in [5.41, 5.74) is 6.52. The van der Waals surface area contributed by atoms with Gasteiger partial charge in [-0.15, -0.1) is 0 Å². The van der Waals surface area contributed by atoms with Crippen molar-refractivity contribution in [2.24, 2.45) is 0 Å². The molecule has 1 aromatic rings. The van der Waals surface area contributed by atoms with Crippen LogP contribution in [-0.2, 0) is 0 Å². The van der Waals surface area contributed by atoms with Gasteiger partial charge in [-0.05, 0) is 44.5 Å². The summed E-state index contributed by atoms with van der Waals surface area (Å²) in [5.74, 6) is 0.809. The van der Waals surface area contributed by atoms with Gasteiger partial charge in [0, 0.05) is 6.54 Å². The van der Waals surface area contributed by atoms with Crippen molar-refractivity contribution < 1.29 is 4.74 Å². The quantitative estimate of drug-likeness (QED) is 0.610. The molecule has 3 nitrogen and oxygen atoms in total. The number of hydrogen-bond donors (Lipinski definition) is 1. The maximum atomic E-state index is 5.79. The van der Waals surface area contributed by atoms with E-state index in [0.717, 1.165) is 31.0 Å². The number of hydrogen-bond acceptors (Lipinski definition) is 3. The number of benzene rings is 1. The summed E-state index contributed by atoms with van der Waals surface area (Å²) in [6.07, 6.45) is 3.79. The number of rotatable bonds is 5. The van der Waals surface area contributed by atoms with Crippen LogP contribution < -0.4 is 10.5 Å². The lowest BCUT2D eigenvalue weighted by Gasteiger charge is -2.14. The molecular weight excluding hydrogens is 200 g/mol. The molecule has 2 rings (SSSR count). The van der Waals surface area contributed by atoms with Crippen molar-refractivity contribution in [2.75, 3.05) is 32.0 Å². The Kier molecular flexibility index (Phi) is 4.05. The van der Waals surface area contributed by atoms with E-state index in [4.69, 9.17) is 10.5 Å². The molecule has 1 heterocycles. The zero-order chi connectivity index (χ0) is 11.2. The van der Waals surface area contributed by atoms with Crippen LogP contribution in [0.3, 0.4) is 0 Å². The minimum Gasteiger partial charge on any atom is -0.491 e. The molecule has 2 N–H and O–H groups in total. The summed E-state index contributed by atoms with van der Waals surface area (Å²) >= 11 is 0. The lowest BCUT2D eigenvalue weighted by atomic mass is 10.3. The highest BCUT2D eigenvalue weighted by Gasteiger charge is 2.10. The Balaban J connectivity index is 1.66. The van der Waals surface area contributed by atoms with Gasteiger partial charge in [0.15, 0.2) is 0 Å². The van der Waals surface area contributed by atoms with Crippen molar-refractivity contribution >= 4 is 5.69 Å². The van der Waals surface area contributed by atoms with E-state index in [0.29, 0.717) is 0 Å². The third-order valence-electron chi connectivity index (χ3n) is 2.99. The van der Waals surface area contributed by atoms with Crippen LogP contribution in [0.1, 0.15) is 19.3 Å². The fourth-order valence-corrected chi connectivity index (χ4v) is 2.09. The van der Waals surface area contributed by atoms with E-state index in [-0.39, 0.29) is 0 Å². The first-order valence-corrected chi connectivity index (χ1v) is 6.06. The summed E-state index contributed by atoms with van der Waals surface area (Å²) in [5, 5.41) is 0. The SMILES string of the molecule is Nc1ccccc1OCCCN1CCCC1. The predicted octanol–water partition coefficient (Wildman–Crippen LogP) is 2.13. The van der Waals surface area contributed by atoms with Crippen LogP contribution in [0, 0.1) is 0 Å². The van der Waals surface area contributed by atoms with E-state index in [1.165, 1.54) is 25.9 Å². The van der Waals surface area contributed by atoms with Crippen molar-refractivity contribution in [1.82, 2.24) is 4.90 Å². The molecule has 16 heavy (non-hydrogen) atoms. The first-order valence-electron chi connectivity index (χ1n) is 6.06. The topological polar surface area (TPSA) is 38.5 Å². The lowest BCUT2D eigenvalue weighted by molar-refractivity contribution is 0.264. The third-order valence-corrected chi connectivity index (χ3v) is 2.99. The van der Waals surface area contributed by atoms with Crippen molar-refractivity contribution in [1.29, 1.82) is 0 Å². The first kappa shape index (κ1) is 11.3. The van der Waals surface area contributed by atoms with Crippen LogP contribution in [0.5, 0.6) is 5.75 Å². The summed E-state index contributed by atoms with van der Waals surface area (Å²) < 4.78 is 5.64. The molecule has 1 saturated heterocycles. The van der Waals surface area contributed by atoms with E-state index in [9.17, 15) is 0 Å². The average molecular weight is 220 g/mol. The molecule has 0 radical (unpaired) electrons. The number of para-hydroxylation sites is 2. The second-order valence-electron chi connectivity index (χ2n) is 4.29. The highest BCUT2D eigenvalue weighted by atomic mass is 16.5. The van der Waals surface area contributed by atoms with E-state index in [1.54, 1.807) is 0 Å². The molecule has 1 aliphatic heterocycles. The Hall–Kier alpha value is -1.22. The Bertz CT molecular complexity index is 321. The number of nitrogen functional groups attached to an aromatic ring is 1. The number of likely N-dealkylation sites (tertiary alicyclic amines) is 1. The van der Waals surface area contributed by atoms with Crippen LogP contribution in [0.2, 0.25) is 0 Å². The van der Waals surface area contributed by atoms with E-state index in [1.807, 2.05) is 24.3 Å². The molecule has 0 atom stereocenters. The van der Waals surface area contributed by atoms with Crippen molar-refractivity contribution in [3.05, 3.63) is 24.3 Å². The highest BCUT2D eigenvalue weighted by molar-refractivity contribution is 5.51. The maximum absolute atomic E-state index is 5.79. The molecule has 0 spiro atoms. The Labute approximate surface area is 97.2 Å². The van der Waals surface area contributed by atoms with Gasteiger partial charge in [-0.2, -0.15) is 0 Å². The molecule has 1 fully saturated rings. The standard InChI is InChI=1S/C13H20N2O/c14-12-6-1-2-7-13(12)16-11-5-10-15-8-3-4-9-15/h1-2,6-7H,3-5,8-11,14H2. The van der Waals surface area contributed by atoms with Gasteiger partial charge in [-0.1, -0.05) is 12.1 Å². The van der Waals surface area contributed by atoms with E-state index >= 15 is 0 Å². The fraction of sp³-hybridized carbons (Fsp3) is 0.538. The average Bonchev–Trinajstić information content (AvgIpc) is 2.79. The molecular formula is C13H20N2O. The van der Waals surface area contributed by atoms with Crippen LogP contribution in [0.25, 0.3) is 0 Å². The molecule has 1 aliphatic rings. The Morgan fingerprint density at radius 3 is 2.69 bits per heavy atom. The second-order valence-corrected chi connectivity index (χ2v) is 4.29. The third kappa shape index (κ3) is 3.14. The minimum absolute atomic E-state index is 0.726. The number of anilines is 1. The molecule has 88 valence electrons. The largest absolute Gasteiger partial charge is 0.491 e. The first-order chi connectivity index (χ1) is 7.86. The van der Waals surface area contributed by atoms with Crippen molar-refractivity contribution in [2.45, 2.75) is 19.3 Å². The summed E-state index contributed by atoms with van der Waals surface area (Å²) in [6.45, 7) is 4.42. The lowest BCUT2D eigenvalue weighted by Crippen LogP contribution is -2.21. The smallest absolute Gasteiger partial charge is 0.142 e. The summed E-state index contributed by atoms with van der Waals surface area (Å²) in [7, 11) is 0. The van der Waals surface area contributed by atoms with E-state index < -0.39 is 0 Å². The van der Waals surface area contributed by atoms with Gasteiger partial charge >= 0.3 is 0 Å². The molecule has 0 saturated carbocycles. The van der Waals surface area contributed by atoms with Crippen LogP contribution in [0.15, 0.2) is 24.3 Å². The second kappa shape index (κ2) is 5.75. The highest BCUT2D eigenvalue weighted by Crippen LogP contribution is 2.19. The van der Waals surface area contributed by atoms with Gasteiger partial charge in [-0.3, -0.25) is 0 Å². The van der Waals surface area contributed by atoms with E-state index in [2.05, 4.69) is 4.90 Å². The van der Waals surface area contributed by atoms with Gasteiger partial charge in [0.25, 0.3) is 0 Å². The predicted molar refractivity (Wildman–Crippen MR) is 66.6 cm³/mol. The molecule has 1 aromatic carbocycles. The molecule has 0 amide bonds. The summed E-state index contributed by atoms with van der Waals surface area (Å²) in [4.78, 5) is 2.50. The zero-order valence-electron chi connectivity index (χ0n) is 9.69. The van der Waals surface area contributed by atoms with Gasteiger partial charge in [0.05, 0.1) is 12.3 Å². The van der Waals surface area contributed by atoms with Crippen LogP contribution in [-0.4, -0.2) is 31.1 Å². The van der Waals surface area contributed by atoms with Gasteiger partial charge in [0.1, 0.15) is 5.75 Å². The number of nitrogens with zero attached hydrogens (tertiary/aromatic N) is 1. The number of ether oxygens (including phenoxy) is 1. The fourth-order valence-electron chi connectivity index (χ4n) is 2.09. The minimum atomic E-state index is 0.726. The molecule has 3 heteroatoms. The van der Waals surface area contributed by atoms with Crippen LogP contribution >= 0.6 is 0 Å². The monoisotopic (exact) mass is 220 g/mol. The molecule has 0 aliphatic carbocycles. The number of nitrogens with two attached hydrogens (primary N) is 1. The van der Waals surface area contributed by atoms with Gasteiger partial charge < -0.3 is 15.4 Å². The Morgan fingerprint density at radius 2 is 1.94 bits per heavy atom. The van der Waals surface area contributed by atoms with Gasteiger partial charge in [-0.25, -0.2) is 0 Å². The normalized spacial score (nSPS) is 16.5. The van der Waals surface area contributed by atoms with Crippen molar-refractivity contribution in [3.8, 4) is 5.75 Å². The maximum Gasteiger partial charge on any atom is 0.142 e. The molecule has 0 aromatic heterocycles. The Morgan fingerprint density at radius 1 is 1.19 bits per heavy atom. The summed E-state index contributed by atoms with van der Waals surface area (Å²) in [6, 6.07) is 7.67. The van der Waals surface area contributed by atoms with Crippen molar-refractivity contribution in [3.63, 3.8) is 0 Å². The van der Waals surface area contributed by atoms with Crippen LogP contribution in [0.4, 0.5) is 5.69 Å².